The molecular weight excluding hydrogens is 374 g/mol. The lowest BCUT2D eigenvalue weighted by molar-refractivity contribution is 0.0843. The molecule has 6 heteroatoms. The Kier molecular flexibility index (Phi) is 4.42. The van der Waals surface area contributed by atoms with Crippen molar-refractivity contribution in [2.45, 2.75) is 0 Å². The summed E-state index contributed by atoms with van der Waals surface area (Å²) in [6.45, 7) is 0. The van der Waals surface area contributed by atoms with Gasteiger partial charge in [-0.1, -0.05) is 60.1 Å². The molecular formula is C22H14ClN3O2. The molecule has 0 fully saturated rings. The summed E-state index contributed by atoms with van der Waals surface area (Å²) in [7, 11) is 1.71. The van der Waals surface area contributed by atoms with Crippen LogP contribution in [0.2, 0.25) is 5.02 Å². The molecule has 136 valence electrons. The number of carbonyl (C=O) groups is 2. The predicted molar refractivity (Wildman–Crippen MR) is 107 cm³/mol. The zero-order valence-electron chi connectivity index (χ0n) is 14.9. The summed E-state index contributed by atoms with van der Waals surface area (Å²) >= 11 is 6.38. The van der Waals surface area contributed by atoms with Gasteiger partial charge in [-0.25, -0.2) is 0 Å². The molecule has 1 aromatic heterocycles. The van der Waals surface area contributed by atoms with E-state index in [9.17, 15) is 14.9 Å². The fourth-order valence-electron chi connectivity index (χ4n) is 3.42. The number of aromatic nitrogens is 2. The molecule has 4 rings (SSSR count). The van der Waals surface area contributed by atoms with Gasteiger partial charge in [-0.05, 0) is 17.5 Å². The van der Waals surface area contributed by atoms with E-state index < -0.39 is 17.5 Å². The first kappa shape index (κ1) is 17.9. The summed E-state index contributed by atoms with van der Waals surface area (Å²) in [5.41, 5.74) is 1.10. The van der Waals surface area contributed by atoms with E-state index in [1.807, 2.05) is 24.3 Å². The molecule has 1 heterocycles. The Labute approximate surface area is 165 Å². The number of ketones is 2. The van der Waals surface area contributed by atoms with Gasteiger partial charge in [-0.2, -0.15) is 10.4 Å². The number of benzene rings is 3. The van der Waals surface area contributed by atoms with Crippen LogP contribution in [0, 0.1) is 17.2 Å². The lowest BCUT2D eigenvalue weighted by Crippen LogP contribution is -2.23. The van der Waals surface area contributed by atoms with Crippen LogP contribution in [0.4, 0.5) is 0 Å². The number of Topliss-reactive ketones (excluding diaryl/α,β-unsaturated/α-hetero) is 2. The maximum absolute atomic E-state index is 13.1. The van der Waals surface area contributed by atoms with Crippen molar-refractivity contribution in [2.75, 3.05) is 0 Å². The number of aryl methyl sites for hydroxylation is 1. The number of carbonyl (C=O) groups excluding carboxylic acids is 2. The third kappa shape index (κ3) is 2.75. The van der Waals surface area contributed by atoms with Crippen LogP contribution in [0.25, 0.3) is 21.7 Å². The Bertz CT molecular complexity index is 1290. The minimum absolute atomic E-state index is 0.0927. The van der Waals surface area contributed by atoms with Crippen molar-refractivity contribution in [3.63, 3.8) is 0 Å². The molecule has 0 aliphatic heterocycles. The highest BCUT2D eigenvalue weighted by Crippen LogP contribution is 2.33. The van der Waals surface area contributed by atoms with Crippen molar-refractivity contribution in [3.8, 4) is 6.07 Å². The monoisotopic (exact) mass is 387 g/mol. The molecule has 0 saturated carbocycles. The normalized spacial score (nSPS) is 12.0. The standard InChI is InChI=1S/C22H14ClN3O2/c1-26-20-15(11-10-13-8-5-9-17(23)18(13)20)19(25-26)22(28)16(12-24)21(27)14-6-3-2-4-7-14/h2-11,16H,1H3. The quantitative estimate of drug-likeness (QED) is 0.379. The summed E-state index contributed by atoms with van der Waals surface area (Å²) in [5, 5.41) is 16.7. The Morgan fingerprint density at radius 1 is 1.04 bits per heavy atom. The summed E-state index contributed by atoms with van der Waals surface area (Å²) in [6.07, 6.45) is 0. The number of nitriles is 1. The number of rotatable bonds is 4. The number of halogens is 1. The van der Waals surface area contributed by atoms with Gasteiger partial charge in [0.15, 0.2) is 11.7 Å². The second kappa shape index (κ2) is 6.91. The Morgan fingerprint density at radius 3 is 2.50 bits per heavy atom. The molecule has 0 radical (unpaired) electrons. The Morgan fingerprint density at radius 2 is 1.79 bits per heavy atom. The lowest BCUT2D eigenvalue weighted by Gasteiger charge is -2.06. The molecule has 5 nitrogen and oxygen atoms in total. The van der Waals surface area contributed by atoms with Crippen molar-refractivity contribution in [3.05, 3.63) is 76.9 Å². The van der Waals surface area contributed by atoms with Gasteiger partial charge >= 0.3 is 0 Å². The molecule has 0 aliphatic carbocycles. The second-order valence-corrected chi connectivity index (χ2v) is 6.84. The van der Waals surface area contributed by atoms with Crippen LogP contribution in [-0.4, -0.2) is 21.3 Å². The van der Waals surface area contributed by atoms with Crippen LogP contribution < -0.4 is 0 Å². The van der Waals surface area contributed by atoms with Gasteiger partial charge in [0.1, 0.15) is 5.69 Å². The topological polar surface area (TPSA) is 75.8 Å². The maximum atomic E-state index is 13.1. The molecule has 0 N–H and O–H groups in total. The molecule has 3 aromatic carbocycles. The first-order chi connectivity index (χ1) is 13.5. The van der Waals surface area contributed by atoms with Gasteiger partial charge in [-0.3, -0.25) is 14.3 Å². The number of nitrogens with zero attached hydrogens (tertiary/aromatic N) is 3. The van der Waals surface area contributed by atoms with Crippen molar-refractivity contribution in [2.24, 2.45) is 13.0 Å². The first-order valence-corrected chi connectivity index (χ1v) is 8.97. The zero-order valence-corrected chi connectivity index (χ0v) is 15.6. The van der Waals surface area contributed by atoms with Crippen LogP contribution in [0.1, 0.15) is 20.8 Å². The van der Waals surface area contributed by atoms with Crippen molar-refractivity contribution in [1.82, 2.24) is 9.78 Å². The van der Waals surface area contributed by atoms with Crippen LogP contribution in [0.15, 0.2) is 60.7 Å². The minimum Gasteiger partial charge on any atom is -0.292 e. The number of hydrogen-bond donors (Lipinski definition) is 0. The molecule has 0 saturated heterocycles. The van der Waals surface area contributed by atoms with Gasteiger partial charge < -0.3 is 0 Å². The van der Waals surface area contributed by atoms with Crippen LogP contribution >= 0.6 is 11.6 Å². The van der Waals surface area contributed by atoms with Crippen LogP contribution in [0.3, 0.4) is 0 Å². The summed E-state index contributed by atoms with van der Waals surface area (Å²) in [6, 6.07) is 19.3. The largest absolute Gasteiger partial charge is 0.292 e. The molecule has 0 amide bonds. The molecule has 4 aromatic rings. The highest BCUT2D eigenvalue weighted by molar-refractivity contribution is 6.38. The average molecular weight is 388 g/mol. The number of fused-ring (bicyclic) bond motifs is 3. The molecule has 0 aliphatic rings. The maximum Gasteiger partial charge on any atom is 0.208 e. The van der Waals surface area contributed by atoms with E-state index in [1.165, 1.54) is 0 Å². The molecule has 28 heavy (non-hydrogen) atoms. The molecule has 0 bridgehead atoms. The molecule has 0 spiro atoms. The highest BCUT2D eigenvalue weighted by Gasteiger charge is 2.32. The zero-order chi connectivity index (χ0) is 19.8. The second-order valence-electron chi connectivity index (χ2n) is 6.43. The fourth-order valence-corrected chi connectivity index (χ4v) is 3.69. The Balaban J connectivity index is 1.87. The van der Waals surface area contributed by atoms with E-state index in [0.29, 0.717) is 21.5 Å². The van der Waals surface area contributed by atoms with Gasteiger partial charge in [0, 0.05) is 23.4 Å². The van der Waals surface area contributed by atoms with Crippen LogP contribution in [0.5, 0.6) is 0 Å². The highest BCUT2D eigenvalue weighted by atomic mass is 35.5. The summed E-state index contributed by atoms with van der Waals surface area (Å²) in [5.74, 6) is -2.61. The van der Waals surface area contributed by atoms with E-state index >= 15 is 0 Å². The van der Waals surface area contributed by atoms with Gasteiger partial charge in [-0.15, -0.1) is 0 Å². The minimum atomic E-state index is -1.46. The lowest BCUT2D eigenvalue weighted by atomic mass is 9.92. The third-order valence-corrected chi connectivity index (χ3v) is 5.06. The first-order valence-electron chi connectivity index (χ1n) is 8.60. The van der Waals surface area contributed by atoms with E-state index in [0.717, 1.165) is 10.8 Å². The smallest absolute Gasteiger partial charge is 0.208 e. The SMILES string of the molecule is Cn1nc(C(=O)C(C#N)C(=O)c2ccccc2)c2ccc3cccc(Cl)c3c21. The summed E-state index contributed by atoms with van der Waals surface area (Å²) < 4.78 is 1.57. The van der Waals surface area contributed by atoms with Gasteiger partial charge in [0.05, 0.1) is 16.6 Å². The van der Waals surface area contributed by atoms with E-state index in [1.54, 1.807) is 54.2 Å². The third-order valence-electron chi connectivity index (χ3n) is 4.74. The van der Waals surface area contributed by atoms with Crippen LogP contribution in [-0.2, 0) is 7.05 Å². The fraction of sp³-hybridized carbons (Fsp3) is 0.0909. The molecule has 1 unspecified atom stereocenters. The molecule has 1 atom stereocenters. The summed E-state index contributed by atoms with van der Waals surface area (Å²) in [4.78, 5) is 25.8. The Hall–Kier alpha value is -3.49. The predicted octanol–water partition coefficient (Wildman–Crippen LogP) is 4.59. The van der Waals surface area contributed by atoms with Crippen molar-refractivity contribution < 1.29 is 9.59 Å². The van der Waals surface area contributed by atoms with E-state index in [4.69, 9.17) is 11.6 Å². The van der Waals surface area contributed by atoms with Gasteiger partial charge in [0.2, 0.25) is 5.78 Å². The van der Waals surface area contributed by atoms with Gasteiger partial charge in [0.25, 0.3) is 0 Å². The van der Waals surface area contributed by atoms with E-state index in [2.05, 4.69) is 5.10 Å². The van der Waals surface area contributed by atoms with Crippen molar-refractivity contribution >= 4 is 44.8 Å². The van der Waals surface area contributed by atoms with Crippen molar-refractivity contribution in [1.29, 1.82) is 5.26 Å². The number of hydrogen-bond acceptors (Lipinski definition) is 4. The van der Waals surface area contributed by atoms with E-state index in [-0.39, 0.29) is 5.69 Å². The average Bonchev–Trinajstić information content (AvgIpc) is 3.06.